The molecule has 1 aliphatic heterocycles. The average Bonchev–Trinajstić information content (AvgIpc) is 2.46. The van der Waals surface area contributed by atoms with Crippen molar-refractivity contribution >= 4 is 0 Å². The van der Waals surface area contributed by atoms with E-state index in [2.05, 4.69) is 10.2 Å². The number of likely N-dealkylation sites (tertiary alicyclic amines) is 1. The van der Waals surface area contributed by atoms with Gasteiger partial charge in [0.15, 0.2) is 0 Å². The predicted molar refractivity (Wildman–Crippen MR) is 51.3 cm³/mol. The van der Waals surface area contributed by atoms with Crippen LogP contribution < -0.4 is 5.32 Å². The topological polar surface area (TPSA) is 15.3 Å². The molecule has 2 aliphatic rings. The van der Waals surface area contributed by atoms with E-state index in [0.717, 1.165) is 6.04 Å². The van der Waals surface area contributed by atoms with Crippen LogP contribution in [0.25, 0.3) is 0 Å². The number of hydrogen-bond acceptors (Lipinski definition) is 2. The highest BCUT2D eigenvalue weighted by Gasteiger charge is 2.17. The summed E-state index contributed by atoms with van der Waals surface area (Å²) in [6.45, 7) is 5.17. The van der Waals surface area contributed by atoms with Crippen molar-refractivity contribution in [3.8, 4) is 0 Å². The first-order valence-electron chi connectivity index (χ1n) is 5.41. The Balaban J connectivity index is 1.49. The third-order valence-electron chi connectivity index (χ3n) is 3.16. The molecule has 70 valence electrons. The Labute approximate surface area is 75.3 Å². The van der Waals surface area contributed by atoms with E-state index in [9.17, 15) is 0 Å². The van der Waals surface area contributed by atoms with Gasteiger partial charge in [-0.25, -0.2) is 0 Å². The molecule has 0 unspecified atom stereocenters. The summed E-state index contributed by atoms with van der Waals surface area (Å²) in [6, 6.07) is 0.868. The smallest absolute Gasteiger partial charge is 0.0107 e. The number of hydrogen-bond donors (Lipinski definition) is 1. The van der Waals surface area contributed by atoms with E-state index in [1.165, 1.54) is 58.3 Å². The molecule has 1 saturated heterocycles. The van der Waals surface area contributed by atoms with Gasteiger partial charge in [-0.15, -0.1) is 0 Å². The van der Waals surface area contributed by atoms with Crippen molar-refractivity contribution in [3.05, 3.63) is 0 Å². The largest absolute Gasteiger partial charge is 0.313 e. The summed E-state index contributed by atoms with van der Waals surface area (Å²) in [5.41, 5.74) is 0. The van der Waals surface area contributed by atoms with Gasteiger partial charge in [-0.1, -0.05) is 6.42 Å². The lowest BCUT2D eigenvalue weighted by Crippen LogP contribution is -2.39. The van der Waals surface area contributed by atoms with E-state index in [0.29, 0.717) is 0 Å². The Morgan fingerprint density at radius 2 is 1.83 bits per heavy atom. The second-order valence-electron chi connectivity index (χ2n) is 4.13. The fourth-order valence-electron chi connectivity index (χ4n) is 2.05. The molecular formula is C10H20N2. The van der Waals surface area contributed by atoms with E-state index in [1.54, 1.807) is 0 Å². The van der Waals surface area contributed by atoms with Gasteiger partial charge in [-0.3, -0.25) is 0 Å². The van der Waals surface area contributed by atoms with Crippen LogP contribution in [0.5, 0.6) is 0 Å². The van der Waals surface area contributed by atoms with E-state index in [4.69, 9.17) is 0 Å². The Morgan fingerprint density at radius 3 is 2.42 bits per heavy atom. The van der Waals surface area contributed by atoms with Crippen LogP contribution in [0, 0.1) is 0 Å². The normalized spacial score (nSPS) is 26.0. The zero-order valence-corrected chi connectivity index (χ0v) is 7.89. The molecule has 0 aromatic rings. The Bertz CT molecular complexity index is 126. The Hall–Kier alpha value is -0.0800. The molecule has 0 aromatic carbocycles. The summed E-state index contributed by atoms with van der Waals surface area (Å²) in [5, 5.41) is 3.60. The summed E-state index contributed by atoms with van der Waals surface area (Å²) in [5.74, 6) is 0. The standard InChI is InChI=1S/C10H20N2/c1-2-8-12(7-1)9-6-11-10-4-3-5-10/h10-11H,1-9H2. The summed E-state index contributed by atoms with van der Waals surface area (Å²) in [4.78, 5) is 2.58. The lowest BCUT2D eigenvalue weighted by atomic mass is 9.93. The molecule has 1 N–H and O–H groups in total. The van der Waals surface area contributed by atoms with Gasteiger partial charge >= 0.3 is 0 Å². The molecule has 2 fully saturated rings. The highest BCUT2D eigenvalue weighted by molar-refractivity contribution is 4.77. The molecule has 0 aromatic heterocycles. The van der Waals surface area contributed by atoms with Crippen molar-refractivity contribution < 1.29 is 0 Å². The molecule has 0 atom stereocenters. The molecule has 2 heteroatoms. The fourth-order valence-corrected chi connectivity index (χ4v) is 2.05. The first-order chi connectivity index (χ1) is 5.95. The molecule has 0 bridgehead atoms. The van der Waals surface area contributed by atoms with Gasteiger partial charge in [-0.05, 0) is 38.8 Å². The van der Waals surface area contributed by atoms with Gasteiger partial charge in [0.25, 0.3) is 0 Å². The van der Waals surface area contributed by atoms with Crippen molar-refractivity contribution in [1.29, 1.82) is 0 Å². The van der Waals surface area contributed by atoms with Crippen LogP contribution in [0.2, 0.25) is 0 Å². The molecule has 0 radical (unpaired) electrons. The van der Waals surface area contributed by atoms with Crippen LogP contribution in [0.15, 0.2) is 0 Å². The van der Waals surface area contributed by atoms with Gasteiger partial charge in [0, 0.05) is 19.1 Å². The fraction of sp³-hybridized carbons (Fsp3) is 1.00. The molecular weight excluding hydrogens is 148 g/mol. The lowest BCUT2D eigenvalue weighted by Gasteiger charge is -2.27. The molecule has 12 heavy (non-hydrogen) atoms. The number of rotatable bonds is 4. The maximum Gasteiger partial charge on any atom is 0.0107 e. The molecule has 2 nitrogen and oxygen atoms in total. The predicted octanol–water partition coefficient (Wildman–Crippen LogP) is 1.22. The summed E-state index contributed by atoms with van der Waals surface area (Å²) in [7, 11) is 0. The van der Waals surface area contributed by atoms with E-state index in [-0.39, 0.29) is 0 Å². The van der Waals surface area contributed by atoms with Gasteiger partial charge < -0.3 is 10.2 Å². The monoisotopic (exact) mass is 168 g/mol. The van der Waals surface area contributed by atoms with E-state index >= 15 is 0 Å². The number of nitrogens with one attached hydrogen (secondary N) is 1. The van der Waals surface area contributed by atoms with Crippen LogP contribution in [-0.2, 0) is 0 Å². The van der Waals surface area contributed by atoms with Crippen molar-refractivity contribution in [2.45, 2.75) is 38.1 Å². The summed E-state index contributed by atoms with van der Waals surface area (Å²) in [6.07, 6.45) is 7.12. The zero-order chi connectivity index (χ0) is 8.23. The van der Waals surface area contributed by atoms with Crippen LogP contribution >= 0.6 is 0 Å². The highest BCUT2D eigenvalue weighted by atomic mass is 15.2. The van der Waals surface area contributed by atoms with Crippen molar-refractivity contribution in [2.75, 3.05) is 26.2 Å². The molecule has 0 amide bonds. The van der Waals surface area contributed by atoms with Gasteiger partial charge in [0.1, 0.15) is 0 Å². The highest BCUT2D eigenvalue weighted by Crippen LogP contribution is 2.17. The third kappa shape index (κ3) is 2.20. The van der Waals surface area contributed by atoms with Crippen LogP contribution in [-0.4, -0.2) is 37.1 Å². The second-order valence-corrected chi connectivity index (χ2v) is 4.13. The maximum absolute atomic E-state index is 3.60. The third-order valence-corrected chi connectivity index (χ3v) is 3.16. The number of nitrogens with zero attached hydrogens (tertiary/aromatic N) is 1. The minimum atomic E-state index is 0.868. The second kappa shape index (κ2) is 4.24. The molecule has 1 aliphatic carbocycles. The van der Waals surface area contributed by atoms with Gasteiger partial charge in [0.05, 0.1) is 0 Å². The minimum Gasteiger partial charge on any atom is -0.313 e. The Morgan fingerprint density at radius 1 is 1.08 bits per heavy atom. The van der Waals surface area contributed by atoms with Crippen molar-refractivity contribution in [1.82, 2.24) is 10.2 Å². The van der Waals surface area contributed by atoms with Crippen LogP contribution in [0.1, 0.15) is 32.1 Å². The van der Waals surface area contributed by atoms with Crippen LogP contribution in [0.3, 0.4) is 0 Å². The zero-order valence-electron chi connectivity index (χ0n) is 7.89. The van der Waals surface area contributed by atoms with E-state index < -0.39 is 0 Å². The van der Waals surface area contributed by atoms with Gasteiger partial charge in [-0.2, -0.15) is 0 Å². The van der Waals surface area contributed by atoms with Crippen molar-refractivity contribution in [3.63, 3.8) is 0 Å². The van der Waals surface area contributed by atoms with E-state index in [1.807, 2.05) is 0 Å². The molecule has 1 heterocycles. The summed E-state index contributed by atoms with van der Waals surface area (Å²) >= 11 is 0. The van der Waals surface area contributed by atoms with Crippen LogP contribution in [0.4, 0.5) is 0 Å². The SMILES string of the molecule is C1CC(NCCN2CCCC2)C1. The lowest BCUT2D eigenvalue weighted by molar-refractivity contribution is 0.292. The molecule has 1 saturated carbocycles. The molecule has 0 spiro atoms. The maximum atomic E-state index is 3.60. The summed E-state index contributed by atoms with van der Waals surface area (Å²) < 4.78 is 0. The molecule has 2 rings (SSSR count). The minimum absolute atomic E-state index is 0.868. The van der Waals surface area contributed by atoms with Gasteiger partial charge in [0.2, 0.25) is 0 Å². The quantitative estimate of drug-likeness (QED) is 0.679. The van der Waals surface area contributed by atoms with Crippen molar-refractivity contribution in [2.24, 2.45) is 0 Å². The first-order valence-corrected chi connectivity index (χ1v) is 5.41. The Kier molecular flexibility index (Phi) is 3.01. The first kappa shape index (κ1) is 8.52. The average molecular weight is 168 g/mol.